The zero-order valence-corrected chi connectivity index (χ0v) is 9.69. The molecular weight excluding hydrogens is 200 g/mol. The monoisotopic (exact) mass is 214 g/mol. The van der Waals surface area contributed by atoms with Crippen LogP contribution in [-0.4, -0.2) is 9.78 Å². The quantitative estimate of drug-likeness (QED) is 0.728. The molecule has 0 radical (unpaired) electrons. The summed E-state index contributed by atoms with van der Waals surface area (Å²) in [5, 5.41) is 4.24. The predicted octanol–water partition coefficient (Wildman–Crippen LogP) is 2.06. The average Bonchev–Trinajstić information content (AvgIpc) is 2.22. The topological polar surface area (TPSA) is 34.9 Å². The number of hydrogen-bond acceptors (Lipinski definition) is 2. The summed E-state index contributed by atoms with van der Waals surface area (Å²) in [7, 11) is 1.66. The van der Waals surface area contributed by atoms with Crippen LogP contribution >= 0.6 is 0 Å². The Balaban J connectivity index is 2.59. The number of nitrogens with zero attached hydrogens (tertiary/aromatic N) is 2. The van der Waals surface area contributed by atoms with E-state index in [-0.39, 0.29) is 5.56 Å². The van der Waals surface area contributed by atoms with Crippen molar-refractivity contribution < 1.29 is 0 Å². The van der Waals surface area contributed by atoms with Gasteiger partial charge in [0.25, 0.3) is 5.56 Å². The summed E-state index contributed by atoms with van der Waals surface area (Å²) >= 11 is 0. The molecule has 2 rings (SSSR count). The van der Waals surface area contributed by atoms with Gasteiger partial charge in [-0.05, 0) is 25.5 Å². The molecule has 0 amide bonds. The van der Waals surface area contributed by atoms with Crippen LogP contribution in [0.2, 0.25) is 0 Å². The van der Waals surface area contributed by atoms with Crippen molar-refractivity contribution in [2.24, 2.45) is 7.05 Å². The summed E-state index contributed by atoms with van der Waals surface area (Å²) in [6.45, 7) is 4.11. The fourth-order valence-electron chi connectivity index (χ4n) is 1.75. The van der Waals surface area contributed by atoms with E-state index in [0.717, 1.165) is 11.3 Å². The summed E-state index contributed by atoms with van der Waals surface area (Å²) in [4.78, 5) is 11.2. The van der Waals surface area contributed by atoms with E-state index in [1.807, 2.05) is 6.07 Å². The normalized spacial score (nSPS) is 10.4. The molecule has 3 heteroatoms. The Morgan fingerprint density at radius 2 is 1.88 bits per heavy atom. The lowest BCUT2D eigenvalue weighted by Gasteiger charge is -2.06. The maximum Gasteiger partial charge on any atom is 0.266 e. The Morgan fingerprint density at radius 1 is 1.12 bits per heavy atom. The smallest absolute Gasteiger partial charge is 0.266 e. The summed E-state index contributed by atoms with van der Waals surface area (Å²) < 4.78 is 1.36. The van der Waals surface area contributed by atoms with Gasteiger partial charge in [-0.3, -0.25) is 4.79 Å². The van der Waals surface area contributed by atoms with Gasteiger partial charge in [-0.25, -0.2) is 4.68 Å². The zero-order valence-electron chi connectivity index (χ0n) is 9.69. The number of rotatable bonds is 1. The molecule has 0 bridgehead atoms. The SMILES string of the molecule is Cc1ccc(-c2ccc(=O)n(C)n2)c(C)c1. The fourth-order valence-corrected chi connectivity index (χ4v) is 1.75. The van der Waals surface area contributed by atoms with Gasteiger partial charge in [0.15, 0.2) is 0 Å². The van der Waals surface area contributed by atoms with E-state index in [1.165, 1.54) is 15.8 Å². The van der Waals surface area contributed by atoms with Crippen LogP contribution in [0, 0.1) is 13.8 Å². The highest BCUT2D eigenvalue weighted by Gasteiger charge is 2.04. The second-order valence-corrected chi connectivity index (χ2v) is 4.00. The molecule has 0 aliphatic carbocycles. The largest absolute Gasteiger partial charge is 0.268 e. The van der Waals surface area contributed by atoms with Gasteiger partial charge in [0, 0.05) is 18.7 Å². The van der Waals surface area contributed by atoms with Crippen LogP contribution in [0.5, 0.6) is 0 Å². The molecule has 0 unspecified atom stereocenters. The first kappa shape index (κ1) is 10.6. The Labute approximate surface area is 94.4 Å². The Hall–Kier alpha value is -1.90. The molecule has 1 heterocycles. The number of aryl methyl sites for hydroxylation is 3. The molecule has 0 N–H and O–H groups in total. The lowest BCUT2D eigenvalue weighted by atomic mass is 10.0. The minimum Gasteiger partial charge on any atom is -0.268 e. The molecule has 82 valence electrons. The van der Waals surface area contributed by atoms with Crippen molar-refractivity contribution in [2.75, 3.05) is 0 Å². The van der Waals surface area contributed by atoms with Crippen molar-refractivity contribution in [2.45, 2.75) is 13.8 Å². The van der Waals surface area contributed by atoms with Crippen molar-refractivity contribution in [3.63, 3.8) is 0 Å². The zero-order chi connectivity index (χ0) is 11.7. The molecule has 0 saturated carbocycles. The Bertz CT molecular complexity index is 585. The van der Waals surface area contributed by atoms with Gasteiger partial charge in [-0.1, -0.05) is 23.8 Å². The fraction of sp³-hybridized carbons (Fsp3) is 0.231. The summed E-state index contributed by atoms with van der Waals surface area (Å²) in [5.41, 5.74) is 4.21. The van der Waals surface area contributed by atoms with Crippen molar-refractivity contribution in [3.05, 3.63) is 51.8 Å². The van der Waals surface area contributed by atoms with Crippen molar-refractivity contribution >= 4 is 0 Å². The third kappa shape index (κ3) is 1.89. The Morgan fingerprint density at radius 3 is 2.50 bits per heavy atom. The maximum absolute atomic E-state index is 11.2. The second-order valence-electron chi connectivity index (χ2n) is 4.00. The molecule has 0 saturated heterocycles. The first-order valence-corrected chi connectivity index (χ1v) is 5.20. The third-order valence-electron chi connectivity index (χ3n) is 2.62. The summed E-state index contributed by atoms with van der Waals surface area (Å²) in [6.07, 6.45) is 0. The summed E-state index contributed by atoms with van der Waals surface area (Å²) in [6, 6.07) is 9.51. The minimum atomic E-state index is -0.0893. The molecule has 0 atom stereocenters. The molecule has 0 fully saturated rings. The van der Waals surface area contributed by atoms with E-state index in [4.69, 9.17) is 0 Å². The van der Waals surface area contributed by atoms with Crippen LogP contribution < -0.4 is 5.56 Å². The van der Waals surface area contributed by atoms with E-state index in [0.29, 0.717) is 0 Å². The predicted molar refractivity (Wildman–Crippen MR) is 64.4 cm³/mol. The lowest BCUT2D eigenvalue weighted by molar-refractivity contribution is 0.712. The minimum absolute atomic E-state index is 0.0893. The van der Waals surface area contributed by atoms with Crippen molar-refractivity contribution in [3.8, 4) is 11.3 Å². The van der Waals surface area contributed by atoms with Gasteiger partial charge >= 0.3 is 0 Å². The molecule has 0 spiro atoms. The molecule has 1 aromatic carbocycles. The van der Waals surface area contributed by atoms with E-state index in [9.17, 15) is 4.79 Å². The van der Waals surface area contributed by atoms with Gasteiger partial charge in [-0.15, -0.1) is 0 Å². The van der Waals surface area contributed by atoms with Crippen LogP contribution in [0.1, 0.15) is 11.1 Å². The number of benzene rings is 1. The van der Waals surface area contributed by atoms with E-state index < -0.39 is 0 Å². The van der Waals surface area contributed by atoms with Gasteiger partial charge < -0.3 is 0 Å². The molecule has 2 aromatic rings. The molecular formula is C13H14N2O. The third-order valence-corrected chi connectivity index (χ3v) is 2.62. The van der Waals surface area contributed by atoms with Crippen LogP contribution in [0.15, 0.2) is 35.1 Å². The van der Waals surface area contributed by atoms with E-state index in [1.54, 1.807) is 19.2 Å². The molecule has 0 aliphatic rings. The van der Waals surface area contributed by atoms with E-state index in [2.05, 4.69) is 31.1 Å². The number of aromatic nitrogens is 2. The summed E-state index contributed by atoms with van der Waals surface area (Å²) in [5.74, 6) is 0. The molecule has 0 aliphatic heterocycles. The maximum atomic E-state index is 11.2. The van der Waals surface area contributed by atoms with Crippen LogP contribution in [0.4, 0.5) is 0 Å². The van der Waals surface area contributed by atoms with Gasteiger partial charge in [0.05, 0.1) is 5.69 Å². The van der Waals surface area contributed by atoms with E-state index >= 15 is 0 Å². The highest BCUT2D eigenvalue weighted by molar-refractivity contribution is 5.63. The van der Waals surface area contributed by atoms with Crippen LogP contribution in [0.3, 0.4) is 0 Å². The van der Waals surface area contributed by atoms with Crippen molar-refractivity contribution in [1.82, 2.24) is 9.78 Å². The Kier molecular flexibility index (Phi) is 2.60. The molecule has 3 nitrogen and oxygen atoms in total. The van der Waals surface area contributed by atoms with Gasteiger partial charge in [0.1, 0.15) is 0 Å². The molecule has 16 heavy (non-hydrogen) atoms. The first-order chi connectivity index (χ1) is 7.58. The molecule has 1 aromatic heterocycles. The van der Waals surface area contributed by atoms with Gasteiger partial charge in [0.2, 0.25) is 0 Å². The highest BCUT2D eigenvalue weighted by Crippen LogP contribution is 2.20. The standard InChI is InChI=1S/C13H14N2O/c1-9-4-5-11(10(2)8-9)12-6-7-13(16)15(3)14-12/h4-8H,1-3H3. The first-order valence-electron chi connectivity index (χ1n) is 5.20. The number of hydrogen-bond donors (Lipinski definition) is 0. The lowest BCUT2D eigenvalue weighted by Crippen LogP contribution is -2.18. The van der Waals surface area contributed by atoms with Crippen LogP contribution in [-0.2, 0) is 7.05 Å². The van der Waals surface area contributed by atoms with Gasteiger partial charge in [-0.2, -0.15) is 5.10 Å². The average molecular weight is 214 g/mol. The van der Waals surface area contributed by atoms with Crippen molar-refractivity contribution in [1.29, 1.82) is 0 Å². The van der Waals surface area contributed by atoms with Crippen LogP contribution in [0.25, 0.3) is 11.3 Å². The highest BCUT2D eigenvalue weighted by atomic mass is 16.1. The second kappa shape index (κ2) is 3.93.